The molecule has 1 aromatic carbocycles. The maximum Gasteiger partial charge on any atom is 0.179 e. The van der Waals surface area contributed by atoms with E-state index < -0.39 is 9.84 Å². The summed E-state index contributed by atoms with van der Waals surface area (Å²) in [5, 5.41) is 3.21. The fourth-order valence-electron chi connectivity index (χ4n) is 2.26. The van der Waals surface area contributed by atoms with Crippen molar-refractivity contribution in [2.24, 2.45) is 7.05 Å². The van der Waals surface area contributed by atoms with Gasteiger partial charge < -0.3 is 9.88 Å². The molecule has 0 amide bonds. The Morgan fingerprint density at radius 1 is 1.42 bits per heavy atom. The fourth-order valence-corrected chi connectivity index (χ4v) is 3.85. The van der Waals surface area contributed by atoms with Crippen molar-refractivity contribution in [3.8, 4) is 0 Å². The molecule has 1 aliphatic rings. The minimum Gasteiger partial charge on any atom is -0.378 e. The van der Waals surface area contributed by atoms with Crippen molar-refractivity contribution < 1.29 is 8.42 Å². The number of nitrogens with zero attached hydrogens (tertiary/aromatic N) is 2. The molecule has 3 rings (SSSR count). The van der Waals surface area contributed by atoms with Crippen LogP contribution in [0.1, 0.15) is 11.4 Å². The minimum absolute atomic E-state index is 0.227. The highest BCUT2D eigenvalue weighted by Crippen LogP contribution is 2.28. The Bertz CT molecular complexity index is 719. The van der Waals surface area contributed by atoms with Crippen molar-refractivity contribution >= 4 is 15.5 Å². The Hall–Kier alpha value is -1.82. The van der Waals surface area contributed by atoms with Gasteiger partial charge in [0.15, 0.2) is 9.84 Å². The van der Waals surface area contributed by atoms with Crippen LogP contribution >= 0.6 is 0 Å². The van der Waals surface area contributed by atoms with Gasteiger partial charge in [-0.1, -0.05) is 6.07 Å². The summed E-state index contributed by atoms with van der Waals surface area (Å²) in [5.41, 5.74) is 1.73. The number of sulfone groups is 1. The highest BCUT2D eigenvalue weighted by Gasteiger charge is 2.26. The minimum atomic E-state index is -3.07. The van der Waals surface area contributed by atoms with E-state index in [9.17, 15) is 8.42 Å². The average molecular weight is 277 g/mol. The molecule has 1 N–H and O–H groups in total. The van der Waals surface area contributed by atoms with E-state index in [0.29, 0.717) is 17.9 Å². The summed E-state index contributed by atoms with van der Waals surface area (Å²) in [4.78, 5) is 4.68. The molecule has 0 unspecified atom stereocenters. The molecule has 100 valence electrons. The number of anilines is 1. The Morgan fingerprint density at radius 2 is 2.26 bits per heavy atom. The SMILES string of the molecule is Cn1ccnc1CNc1ccc2c(c1)S(=O)(=O)CC2. The summed E-state index contributed by atoms with van der Waals surface area (Å²) in [6, 6.07) is 5.53. The molecule has 0 aliphatic carbocycles. The van der Waals surface area contributed by atoms with Crippen molar-refractivity contribution in [1.82, 2.24) is 9.55 Å². The van der Waals surface area contributed by atoms with E-state index in [4.69, 9.17) is 0 Å². The van der Waals surface area contributed by atoms with Gasteiger partial charge in [0, 0.05) is 25.1 Å². The van der Waals surface area contributed by atoms with Gasteiger partial charge in [0.1, 0.15) is 5.82 Å². The normalized spacial score (nSPS) is 16.3. The van der Waals surface area contributed by atoms with Crippen LogP contribution in [0.2, 0.25) is 0 Å². The molecule has 0 saturated heterocycles. The van der Waals surface area contributed by atoms with Gasteiger partial charge in [-0.2, -0.15) is 0 Å². The van der Waals surface area contributed by atoms with Crippen LogP contribution in [0.4, 0.5) is 5.69 Å². The first kappa shape index (κ1) is 12.2. The van der Waals surface area contributed by atoms with Gasteiger partial charge in [-0.3, -0.25) is 0 Å². The number of aromatic nitrogens is 2. The Morgan fingerprint density at radius 3 is 3.00 bits per heavy atom. The van der Waals surface area contributed by atoms with Crippen molar-refractivity contribution in [3.05, 3.63) is 42.0 Å². The molecule has 19 heavy (non-hydrogen) atoms. The van der Waals surface area contributed by atoms with Gasteiger partial charge in [0.05, 0.1) is 17.2 Å². The summed E-state index contributed by atoms with van der Waals surface area (Å²) < 4.78 is 25.6. The van der Waals surface area contributed by atoms with Crippen LogP contribution in [0.5, 0.6) is 0 Å². The number of rotatable bonds is 3. The summed E-state index contributed by atoms with van der Waals surface area (Å²) in [6.45, 7) is 0.572. The number of hydrogen-bond donors (Lipinski definition) is 1. The van der Waals surface area contributed by atoms with Gasteiger partial charge in [-0.25, -0.2) is 13.4 Å². The Kier molecular flexibility index (Phi) is 2.82. The van der Waals surface area contributed by atoms with Gasteiger partial charge in [-0.15, -0.1) is 0 Å². The molecule has 0 fully saturated rings. The third-order valence-corrected chi connectivity index (χ3v) is 5.21. The van der Waals surface area contributed by atoms with Crippen LogP contribution < -0.4 is 5.32 Å². The van der Waals surface area contributed by atoms with E-state index in [1.54, 1.807) is 12.3 Å². The van der Waals surface area contributed by atoms with E-state index in [1.165, 1.54) is 0 Å². The molecule has 0 saturated carbocycles. The molecule has 0 radical (unpaired) electrons. The van der Waals surface area contributed by atoms with Gasteiger partial charge in [-0.05, 0) is 24.1 Å². The van der Waals surface area contributed by atoms with Crippen LogP contribution in [0.25, 0.3) is 0 Å². The van der Waals surface area contributed by atoms with Crippen molar-refractivity contribution in [2.45, 2.75) is 17.9 Å². The van der Waals surface area contributed by atoms with Gasteiger partial charge >= 0.3 is 0 Å². The van der Waals surface area contributed by atoms with Crippen molar-refractivity contribution in [2.75, 3.05) is 11.1 Å². The lowest BCUT2D eigenvalue weighted by Gasteiger charge is -2.08. The molecule has 1 aliphatic heterocycles. The van der Waals surface area contributed by atoms with Crippen LogP contribution in [0.3, 0.4) is 0 Å². The van der Waals surface area contributed by atoms with Crippen LogP contribution in [-0.4, -0.2) is 23.7 Å². The molecular formula is C13H15N3O2S. The molecule has 6 heteroatoms. The van der Waals surface area contributed by atoms with Crippen LogP contribution in [-0.2, 0) is 29.9 Å². The zero-order valence-corrected chi connectivity index (χ0v) is 11.4. The standard InChI is InChI=1S/C13H15N3O2S/c1-16-6-5-14-13(16)9-15-11-3-2-10-4-7-19(17,18)12(10)8-11/h2-3,5-6,8,15H,4,7,9H2,1H3. The largest absolute Gasteiger partial charge is 0.378 e. The highest BCUT2D eigenvalue weighted by molar-refractivity contribution is 7.91. The summed E-state index contributed by atoms with van der Waals surface area (Å²) in [7, 11) is -1.14. The number of benzene rings is 1. The van der Waals surface area contributed by atoms with Crippen molar-refractivity contribution in [1.29, 1.82) is 0 Å². The number of aryl methyl sites for hydroxylation is 2. The number of imidazole rings is 1. The third kappa shape index (κ3) is 2.23. The molecule has 0 bridgehead atoms. The lowest BCUT2D eigenvalue weighted by atomic mass is 10.1. The fraction of sp³-hybridized carbons (Fsp3) is 0.308. The first-order valence-electron chi connectivity index (χ1n) is 6.12. The lowest BCUT2D eigenvalue weighted by molar-refractivity contribution is 0.600. The topological polar surface area (TPSA) is 64.0 Å². The smallest absolute Gasteiger partial charge is 0.179 e. The summed E-state index contributed by atoms with van der Waals surface area (Å²) in [5.74, 6) is 1.13. The number of hydrogen-bond acceptors (Lipinski definition) is 4. The van der Waals surface area contributed by atoms with Gasteiger partial charge in [0.25, 0.3) is 0 Å². The maximum atomic E-state index is 11.8. The van der Waals surface area contributed by atoms with E-state index >= 15 is 0 Å². The maximum absolute atomic E-state index is 11.8. The molecule has 0 atom stereocenters. The average Bonchev–Trinajstić information content (AvgIpc) is 2.92. The first-order chi connectivity index (χ1) is 9.06. The van der Waals surface area contributed by atoms with E-state index in [-0.39, 0.29) is 5.75 Å². The second-order valence-corrected chi connectivity index (χ2v) is 6.78. The second-order valence-electron chi connectivity index (χ2n) is 4.70. The van der Waals surface area contributed by atoms with E-state index in [2.05, 4.69) is 10.3 Å². The second kappa shape index (κ2) is 4.38. The van der Waals surface area contributed by atoms with Crippen LogP contribution in [0.15, 0.2) is 35.5 Å². The van der Waals surface area contributed by atoms with E-state index in [1.807, 2.05) is 29.9 Å². The number of nitrogens with one attached hydrogen (secondary N) is 1. The predicted molar refractivity (Wildman–Crippen MR) is 72.7 cm³/mol. The van der Waals surface area contributed by atoms with E-state index in [0.717, 1.165) is 17.1 Å². The number of fused-ring (bicyclic) bond motifs is 1. The Balaban J connectivity index is 1.82. The molecule has 2 aromatic rings. The molecule has 0 spiro atoms. The summed E-state index contributed by atoms with van der Waals surface area (Å²) in [6.07, 6.45) is 4.24. The zero-order chi connectivity index (χ0) is 13.5. The lowest BCUT2D eigenvalue weighted by Crippen LogP contribution is -2.06. The van der Waals surface area contributed by atoms with Gasteiger partial charge in [0.2, 0.25) is 0 Å². The molecular weight excluding hydrogens is 262 g/mol. The monoisotopic (exact) mass is 277 g/mol. The molecule has 5 nitrogen and oxygen atoms in total. The van der Waals surface area contributed by atoms with Crippen LogP contribution in [0, 0.1) is 0 Å². The first-order valence-corrected chi connectivity index (χ1v) is 7.77. The molecule has 1 aromatic heterocycles. The quantitative estimate of drug-likeness (QED) is 0.920. The third-order valence-electron chi connectivity index (χ3n) is 3.41. The molecule has 2 heterocycles. The Labute approximate surface area is 112 Å². The predicted octanol–water partition coefficient (Wildman–Crippen LogP) is 1.36. The highest BCUT2D eigenvalue weighted by atomic mass is 32.2. The van der Waals surface area contributed by atoms with Crippen molar-refractivity contribution in [3.63, 3.8) is 0 Å². The zero-order valence-electron chi connectivity index (χ0n) is 10.6. The summed E-state index contributed by atoms with van der Waals surface area (Å²) >= 11 is 0.